The molecule has 0 radical (unpaired) electrons. The summed E-state index contributed by atoms with van der Waals surface area (Å²) in [5, 5.41) is 5.70. The van der Waals surface area contributed by atoms with Crippen LogP contribution in [0, 0.1) is 0 Å². The predicted molar refractivity (Wildman–Crippen MR) is 92.9 cm³/mol. The van der Waals surface area contributed by atoms with Gasteiger partial charge in [-0.05, 0) is 49.5 Å². The number of anilines is 1. The van der Waals surface area contributed by atoms with Crippen LogP contribution in [0.1, 0.15) is 44.2 Å². The van der Waals surface area contributed by atoms with Gasteiger partial charge in [-0.25, -0.2) is 4.79 Å². The molecular weight excluding hydrogens is 282 g/mol. The maximum Gasteiger partial charge on any atom is 0.319 e. The molecule has 1 aromatic carbocycles. The van der Waals surface area contributed by atoms with Crippen LogP contribution in [0.15, 0.2) is 24.3 Å². The first-order valence-electron chi connectivity index (χ1n) is 7.53. The third-order valence-corrected chi connectivity index (χ3v) is 3.95. The Morgan fingerprint density at radius 1 is 1.19 bits per heavy atom. The van der Waals surface area contributed by atoms with Crippen molar-refractivity contribution in [2.45, 2.75) is 38.6 Å². The lowest BCUT2D eigenvalue weighted by atomic mass is 10.1. The van der Waals surface area contributed by atoms with Crippen LogP contribution >= 0.6 is 11.8 Å². The van der Waals surface area contributed by atoms with E-state index in [1.807, 2.05) is 43.0 Å². The zero-order valence-corrected chi connectivity index (χ0v) is 13.8. The number of hydrogen-bond donors (Lipinski definition) is 3. The number of amides is 2. The van der Waals surface area contributed by atoms with Crippen LogP contribution in [-0.4, -0.2) is 24.6 Å². The Morgan fingerprint density at radius 3 is 2.48 bits per heavy atom. The number of nitrogens with one attached hydrogen (secondary N) is 2. The number of thioether (sulfide) groups is 1. The highest BCUT2D eigenvalue weighted by molar-refractivity contribution is 7.98. The lowest BCUT2D eigenvalue weighted by Crippen LogP contribution is -2.29. The Morgan fingerprint density at radius 2 is 1.86 bits per heavy atom. The van der Waals surface area contributed by atoms with Crippen molar-refractivity contribution < 1.29 is 4.79 Å². The van der Waals surface area contributed by atoms with Gasteiger partial charge >= 0.3 is 6.03 Å². The molecule has 1 aromatic rings. The number of rotatable bonds is 9. The van der Waals surface area contributed by atoms with Crippen molar-refractivity contribution in [2.75, 3.05) is 23.9 Å². The van der Waals surface area contributed by atoms with E-state index in [-0.39, 0.29) is 12.1 Å². The Bertz CT molecular complexity index is 406. The summed E-state index contributed by atoms with van der Waals surface area (Å²) in [7, 11) is 0. The number of carbonyl (C=O) groups excluding carboxylic acids is 1. The highest BCUT2D eigenvalue weighted by Gasteiger charge is 2.02. The van der Waals surface area contributed by atoms with Crippen LogP contribution in [0.5, 0.6) is 0 Å². The molecule has 21 heavy (non-hydrogen) atoms. The van der Waals surface area contributed by atoms with Gasteiger partial charge in [-0.2, -0.15) is 11.8 Å². The van der Waals surface area contributed by atoms with E-state index in [0.717, 1.165) is 24.2 Å². The second-order valence-electron chi connectivity index (χ2n) is 5.20. The molecule has 5 heteroatoms. The van der Waals surface area contributed by atoms with E-state index in [1.54, 1.807) is 0 Å². The van der Waals surface area contributed by atoms with Crippen LogP contribution in [0.3, 0.4) is 0 Å². The third-order valence-electron chi connectivity index (χ3n) is 3.26. The summed E-state index contributed by atoms with van der Waals surface area (Å²) in [4.78, 5) is 11.7. The Hall–Kier alpha value is -1.20. The molecule has 0 aliphatic carbocycles. The van der Waals surface area contributed by atoms with E-state index in [9.17, 15) is 4.79 Å². The number of nitrogens with two attached hydrogens (primary N) is 1. The van der Waals surface area contributed by atoms with Crippen molar-refractivity contribution in [3.8, 4) is 0 Å². The molecule has 0 saturated carbocycles. The maximum absolute atomic E-state index is 11.7. The summed E-state index contributed by atoms with van der Waals surface area (Å²) < 4.78 is 0. The van der Waals surface area contributed by atoms with Crippen LogP contribution in [0.4, 0.5) is 10.5 Å². The topological polar surface area (TPSA) is 67.2 Å². The molecule has 1 unspecified atom stereocenters. The lowest BCUT2D eigenvalue weighted by Gasteiger charge is -2.09. The fourth-order valence-electron chi connectivity index (χ4n) is 1.97. The molecule has 0 aliphatic heterocycles. The number of benzene rings is 1. The number of urea groups is 1. The molecule has 4 N–H and O–H groups in total. The van der Waals surface area contributed by atoms with Gasteiger partial charge in [0.15, 0.2) is 0 Å². The minimum atomic E-state index is -0.146. The van der Waals surface area contributed by atoms with Crippen LogP contribution < -0.4 is 16.4 Å². The van der Waals surface area contributed by atoms with Gasteiger partial charge < -0.3 is 16.4 Å². The first-order chi connectivity index (χ1) is 10.1. The highest BCUT2D eigenvalue weighted by atomic mass is 32.2. The number of hydrogen-bond acceptors (Lipinski definition) is 3. The molecular formula is C16H27N3OS. The largest absolute Gasteiger partial charge is 0.338 e. The van der Waals surface area contributed by atoms with Crippen molar-refractivity contribution >= 4 is 23.5 Å². The van der Waals surface area contributed by atoms with Crippen LogP contribution in [-0.2, 0) is 0 Å². The second kappa shape index (κ2) is 10.5. The van der Waals surface area contributed by atoms with E-state index in [0.29, 0.717) is 0 Å². The van der Waals surface area contributed by atoms with Gasteiger partial charge in [0.05, 0.1) is 0 Å². The molecule has 0 spiro atoms. The van der Waals surface area contributed by atoms with E-state index in [2.05, 4.69) is 16.9 Å². The smallest absolute Gasteiger partial charge is 0.319 e. The minimum absolute atomic E-state index is 0.0129. The van der Waals surface area contributed by atoms with Gasteiger partial charge in [-0.3, -0.25) is 0 Å². The third kappa shape index (κ3) is 7.97. The van der Waals surface area contributed by atoms with Gasteiger partial charge in [0.1, 0.15) is 0 Å². The first-order valence-corrected chi connectivity index (χ1v) is 8.92. The zero-order valence-electron chi connectivity index (χ0n) is 13.0. The van der Waals surface area contributed by atoms with Crippen molar-refractivity contribution in [1.29, 1.82) is 0 Å². The molecule has 0 aliphatic rings. The average molecular weight is 309 g/mol. The van der Waals surface area contributed by atoms with Crippen molar-refractivity contribution in [1.82, 2.24) is 5.32 Å². The molecule has 0 fully saturated rings. The molecule has 2 amide bonds. The predicted octanol–water partition coefficient (Wildman–Crippen LogP) is 3.75. The molecule has 4 nitrogen and oxygen atoms in total. The molecule has 0 bridgehead atoms. The molecule has 1 rings (SSSR count). The molecule has 118 valence electrons. The zero-order chi connectivity index (χ0) is 15.5. The number of carbonyl (C=O) groups is 1. The van der Waals surface area contributed by atoms with E-state index < -0.39 is 0 Å². The van der Waals surface area contributed by atoms with E-state index in [4.69, 9.17) is 5.73 Å². The minimum Gasteiger partial charge on any atom is -0.338 e. The SMILES string of the molecule is CSCCCCCCNC(=O)Nc1ccc(C(C)N)cc1. The monoisotopic (exact) mass is 309 g/mol. The average Bonchev–Trinajstić information content (AvgIpc) is 2.47. The van der Waals surface area contributed by atoms with Gasteiger partial charge in [0.2, 0.25) is 0 Å². The lowest BCUT2D eigenvalue weighted by molar-refractivity contribution is 0.252. The molecule has 0 aromatic heterocycles. The normalized spacial score (nSPS) is 12.0. The fourth-order valence-corrected chi connectivity index (χ4v) is 2.46. The van der Waals surface area contributed by atoms with Gasteiger partial charge in [0, 0.05) is 18.3 Å². The highest BCUT2D eigenvalue weighted by Crippen LogP contribution is 2.13. The van der Waals surface area contributed by atoms with E-state index >= 15 is 0 Å². The Kier molecular flexibility index (Phi) is 8.94. The standard InChI is InChI=1S/C16H27N3OS/c1-13(17)14-7-9-15(10-8-14)19-16(20)18-11-5-3-4-6-12-21-2/h7-10,13H,3-6,11-12,17H2,1-2H3,(H2,18,19,20). The summed E-state index contributed by atoms with van der Waals surface area (Å²) in [5.74, 6) is 1.23. The molecule has 0 heterocycles. The number of unbranched alkanes of at least 4 members (excludes halogenated alkanes) is 3. The van der Waals surface area contributed by atoms with Crippen LogP contribution in [0.2, 0.25) is 0 Å². The van der Waals surface area contributed by atoms with Crippen molar-refractivity contribution in [3.63, 3.8) is 0 Å². The quantitative estimate of drug-likeness (QED) is 0.609. The Balaban J connectivity index is 2.15. The van der Waals surface area contributed by atoms with Gasteiger partial charge in [-0.15, -0.1) is 0 Å². The molecule has 0 saturated heterocycles. The summed E-state index contributed by atoms with van der Waals surface area (Å²) in [6.07, 6.45) is 6.84. The fraction of sp³-hybridized carbons (Fsp3) is 0.562. The summed E-state index contributed by atoms with van der Waals surface area (Å²) in [6, 6.07) is 7.49. The summed E-state index contributed by atoms with van der Waals surface area (Å²) >= 11 is 1.89. The van der Waals surface area contributed by atoms with Crippen molar-refractivity contribution in [2.24, 2.45) is 5.73 Å². The van der Waals surface area contributed by atoms with Crippen molar-refractivity contribution in [3.05, 3.63) is 29.8 Å². The van der Waals surface area contributed by atoms with E-state index in [1.165, 1.54) is 25.0 Å². The Labute approximate surface area is 132 Å². The van der Waals surface area contributed by atoms with Crippen LogP contribution in [0.25, 0.3) is 0 Å². The maximum atomic E-state index is 11.7. The first kappa shape index (κ1) is 17.9. The van der Waals surface area contributed by atoms with Gasteiger partial charge in [0.25, 0.3) is 0 Å². The molecule has 1 atom stereocenters. The second-order valence-corrected chi connectivity index (χ2v) is 6.18. The summed E-state index contributed by atoms with van der Waals surface area (Å²) in [5.41, 5.74) is 7.64. The summed E-state index contributed by atoms with van der Waals surface area (Å²) in [6.45, 7) is 2.66. The van der Waals surface area contributed by atoms with Gasteiger partial charge in [-0.1, -0.05) is 25.0 Å².